The van der Waals surface area contributed by atoms with E-state index in [0.29, 0.717) is 23.1 Å². The molecule has 174 valence electrons. The van der Waals surface area contributed by atoms with Crippen molar-refractivity contribution in [1.82, 2.24) is 19.9 Å². The number of carboxylic acids is 2. The van der Waals surface area contributed by atoms with Gasteiger partial charge in [-0.15, -0.1) is 0 Å². The monoisotopic (exact) mass is 475 g/mol. The van der Waals surface area contributed by atoms with Crippen LogP contribution in [0.25, 0.3) is 0 Å². The number of anilines is 1. The Kier molecular flexibility index (Phi) is 11.3. The number of alkyl halides is 3. The smallest absolute Gasteiger partial charge is 0.408 e. The molecule has 2 aromatic heterocycles. The number of hydrogen-bond donors (Lipinski definition) is 5. The Morgan fingerprint density at radius 2 is 1.97 bits per heavy atom. The van der Waals surface area contributed by atoms with Gasteiger partial charge in [-0.2, -0.15) is 13.2 Å². The molecule has 0 aromatic carbocycles. The fraction of sp³-hybridized carbons (Fsp3) is 0.294. The second-order valence-corrected chi connectivity index (χ2v) is 6.77. The van der Waals surface area contributed by atoms with E-state index < -0.39 is 24.7 Å². The molecule has 11 nitrogen and oxygen atoms in total. The average molecular weight is 475 g/mol. The molecule has 0 fully saturated rings. The molecule has 0 aliphatic carbocycles. The van der Waals surface area contributed by atoms with E-state index in [1.54, 1.807) is 12.5 Å². The number of aryl methyl sites for hydroxylation is 1. The molecule has 2 heterocycles. The summed E-state index contributed by atoms with van der Waals surface area (Å²) in [5.74, 6) is -1.77. The van der Waals surface area contributed by atoms with Gasteiger partial charge >= 0.3 is 18.1 Å². The Morgan fingerprint density at radius 3 is 2.53 bits per heavy atom. The van der Waals surface area contributed by atoms with Crippen LogP contribution in [0.3, 0.4) is 0 Å². The summed E-state index contributed by atoms with van der Waals surface area (Å²) in [6.07, 6.45) is 3.40. The van der Waals surface area contributed by atoms with Crippen molar-refractivity contribution in [2.45, 2.75) is 24.2 Å². The third-order valence-electron chi connectivity index (χ3n) is 3.06. The van der Waals surface area contributed by atoms with E-state index in [-0.39, 0.29) is 5.96 Å². The maximum Gasteiger partial charge on any atom is 0.408 e. The lowest BCUT2D eigenvalue weighted by Gasteiger charge is -2.07. The van der Waals surface area contributed by atoms with Crippen LogP contribution in [-0.4, -0.2) is 66.5 Å². The molecule has 0 amide bonds. The van der Waals surface area contributed by atoms with Crippen LogP contribution < -0.4 is 11.1 Å². The van der Waals surface area contributed by atoms with E-state index >= 15 is 0 Å². The molecule has 2 aromatic rings. The largest absolute Gasteiger partial charge is 0.478 e. The number of halogens is 3. The maximum atomic E-state index is 12.1. The number of thioether (sulfide) groups is 1. The Hall–Kier alpha value is -3.62. The number of aliphatic carboxylic acids is 2. The van der Waals surface area contributed by atoms with Crippen molar-refractivity contribution in [3.8, 4) is 0 Å². The van der Waals surface area contributed by atoms with Gasteiger partial charge in [-0.3, -0.25) is 0 Å². The first kappa shape index (κ1) is 26.4. The number of imidazole rings is 1. The number of nitrogens with zero attached hydrogens (tertiary/aromatic N) is 4. The molecule has 0 spiro atoms. The highest BCUT2D eigenvalue weighted by molar-refractivity contribution is 7.99. The summed E-state index contributed by atoms with van der Waals surface area (Å²) < 4.78 is 36.2. The van der Waals surface area contributed by atoms with E-state index in [1.807, 2.05) is 0 Å². The standard InChI is InChI=1S/C13H16F3N7S.C4H4O4/c14-13(15,16)7-20-11(17)22-10-3-4-19-12(23-10)24-5-1-2-9-6-18-8-21-9;5-3(6)1-2-4(7)8/h3-4,6,8H,1-2,5,7H2,(H,18,21)(H3,17,19,20,22,23);1-2H,(H,5,6)(H,7,8). The molecule has 0 atom stereocenters. The first-order valence-corrected chi connectivity index (χ1v) is 9.74. The zero-order valence-electron chi connectivity index (χ0n) is 16.4. The van der Waals surface area contributed by atoms with Crippen LogP contribution in [0.5, 0.6) is 0 Å². The number of aromatic amines is 1. The zero-order valence-corrected chi connectivity index (χ0v) is 17.2. The van der Waals surface area contributed by atoms with Gasteiger partial charge in [0.2, 0.25) is 0 Å². The molecule has 0 unspecified atom stereocenters. The van der Waals surface area contributed by atoms with Crippen molar-refractivity contribution >= 4 is 35.5 Å². The lowest BCUT2D eigenvalue weighted by Crippen LogP contribution is -2.26. The summed E-state index contributed by atoms with van der Waals surface area (Å²) in [4.78, 5) is 37.5. The van der Waals surface area contributed by atoms with Gasteiger partial charge in [0, 0.05) is 36.0 Å². The molecule has 0 radical (unpaired) electrons. The number of nitrogens with one attached hydrogen (secondary N) is 2. The molecule has 6 N–H and O–H groups in total. The number of hydrogen-bond acceptors (Lipinski definition) is 7. The van der Waals surface area contributed by atoms with E-state index in [4.69, 9.17) is 15.9 Å². The molecule has 0 saturated heterocycles. The van der Waals surface area contributed by atoms with Crippen molar-refractivity contribution < 1.29 is 33.0 Å². The van der Waals surface area contributed by atoms with Gasteiger partial charge < -0.3 is 26.2 Å². The molecule has 0 bridgehead atoms. The number of aliphatic imine (C=N–C) groups is 1. The Labute approximate surface area is 184 Å². The van der Waals surface area contributed by atoms with Gasteiger partial charge in [0.15, 0.2) is 11.1 Å². The van der Waals surface area contributed by atoms with Crippen LogP contribution >= 0.6 is 11.8 Å². The van der Waals surface area contributed by atoms with Gasteiger partial charge in [0.05, 0.1) is 6.33 Å². The summed E-state index contributed by atoms with van der Waals surface area (Å²) >= 11 is 1.44. The zero-order chi connectivity index (χ0) is 24.0. The van der Waals surface area contributed by atoms with Crippen molar-refractivity contribution in [1.29, 1.82) is 0 Å². The maximum absolute atomic E-state index is 12.1. The van der Waals surface area contributed by atoms with Gasteiger partial charge in [0.25, 0.3) is 0 Å². The topological polar surface area (TPSA) is 179 Å². The fourth-order valence-corrected chi connectivity index (χ4v) is 2.59. The third kappa shape index (κ3) is 13.6. The number of carbonyl (C=O) groups is 2. The number of H-pyrrole nitrogens is 1. The minimum atomic E-state index is -4.40. The SMILES string of the molecule is NC(=NCC(F)(F)F)Nc1ccnc(SCCCc2cnc[nH]2)n1.O=C(O)C=CC(=O)O. The summed E-state index contributed by atoms with van der Waals surface area (Å²) in [7, 11) is 0. The number of aromatic nitrogens is 4. The molecule has 0 aliphatic heterocycles. The molecule has 0 saturated carbocycles. The van der Waals surface area contributed by atoms with Crippen molar-refractivity contribution in [3.63, 3.8) is 0 Å². The van der Waals surface area contributed by atoms with Gasteiger partial charge in [-0.05, 0) is 18.9 Å². The minimum Gasteiger partial charge on any atom is -0.478 e. The highest BCUT2D eigenvalue weighted by Gasteiger charge is 2.26. The van der Waals surface area contributed by atoms with Crippen LogP contribution in [0.4, 0.5) is 19.0 Å². The molecular formula is C17H20F3N7O4S. The normalized spacial score (nSPS) is 11.7. The van der Waals surface area contributed by atoms with Gasteiger partial charge in [-0.25, -0.2) is 29.5 Å². The van der Waals surface area contributed by atoms with Crippen LogP contribution in [0, 0.1) is 0 Å². The second-order valence-electron chi connectivity index (χ2n) is 5.70. The first-order valence-electron chi connectivity index (χ1n) is 8.76. The number of carboxylic acid groups (broad SMARTS) is 2. The lowest BCUT2D eigenvalue weighted by molar-refractivity contribution is -0.134. The molecule has 32 heavy (non-hydrogen) atoms. The van der Waals surface area contributed by atoms with E-state index in [0.717, 1.165) is 24.3 Å². The number of guanidine groups is 1. The Balaban J connectivity index is 0.000000547. The Bertz CT molecular complexity index is 905. The minimum absolute atomic E-state index is 0.296. The van der Waals surface area contributed by atoms with Crippen molar-refractivity contribution in [2.24, 2.45) is 10.7 Å². The van der Waals surface area contributed by atoms with Crippen LogP contribution in [0.2, 0.25) is 0 Å². The Morgan fingerprint density at radius 1 is 1.28 bits per heavy atom. The number of rotatable bonds is 9. The lowest BCUT2D eigenvalue weighted by atomic mass is 10.3. The van der Waals surface area contributed by atoms with Crippen LogP contribution in [0.1, 0.15) is 12.1 Å². The first-order chi connectivity index (χ1) is 15.0. The quantitative estimate of drug-likeness (QED) is 0.0898. The third-order valence-corrected chi connectivity index (χ3v) is 4.01. The predicted molar refractivity (Wildman–Crippen MR) is 110 cm³/mol. The van der Waals surface area contributed by atoms with Gasteiger partial charge in [0.1, 0.15) is 12.4 Å². The van der Waals surface area contributed by atoms with E-state index in [9.17, 15) is 22.8 Å². The molecule has 2 rings (SSSR count). The second kappa shape index (κ2) is 13.6. The molecule has 15 heteroatoms. The summed E-state index contributed by atoms with van der Waals surface area (Å²) in [6, 6.07) is 1.50. The summed E-state index contributed by atoms with van der Waals surface area (Å²) in [5.41, 5.74) is 6.46. The van der Waals surface area contributed by atoms with Crippen LogP contribution in [-0.2, 0) is 16.0 Å². The van der Waals surface area contributed by atoms with Crippen LogP contribution in [0.15, 0.2) is 47.1 Å². The van der Waals surface area contributed by atoms with E-state index in [1.165, 1.54) is 24.0 Å². The van der Waals surface area contributed by atoms with Gasteiger partial charge in [-0.1, -0.05) is 11.8 Å². The fourth-order valence-electron chi connectivity index (χ4n) is 1.82. The summed E-state index contributed by atoms with van der Waals surface area (Å²) in [6.45, 7) is -1.34. The average Bonchev–Trinajstić information content (AvgIpc) is 3.22. The summed E-state index contributed by atoms with van der Waals surface area (Å²) in [5, 5.41) is 18.6. The highest BCUT2D eigenvalue weighted by Crippen LogP contribution is 2.17. The van der Waals surface area contributed by atoms with Crippen molar-refractivity contribution in [3.05, 3.63) is 42.6 Å². The molecular weight excluding hydrogens is 455 g/mol. The van der Waals surface area contributed by atoms with Crippen molar-refractivity contribution in [2.75, 3.05) is 17.6 Å². The molecule has 0 aliphatic rings. The predicted octanol–water partition coefficient (Wildman–Crippen LogP) is 1.93. The number of nitrogens with two attached hydrogens (primary N) is 1. The highest BCUT2D eigenvalue weighted by atomic mass is 32.2. The van der Waals surface area contributed by atoms with E-state index in [2.05, 4.69) is 30.2 Å².